The van der Waals surface area contributed by atoms with Crippen LogP contribution >= 0.6 is 0 Å². The maximum absolute atomic E-state index is 11.7. The predicted octanol–water partition coefficient (Wildman–Crippen LogP) is 1.69. The molecule has 0 aliphatic carbocycles. The molecule has 0 saturated carbocycles. The third-order valence-electron chi connectivity index (χ3n) is 2.93. The third kappa shape index (κ3) is 4.49. The Morgan fingerprint density at radius 1 is 1.31 bits per heavy atom. The summed E-state index contributed by atoms with van der Waals surface area (Å²) in [4.78, 5) is 11.7. The fourth-order valence-electron chi connectivity index (χ4n) is 1.82. The van der Waals surface area contributed by atoms with Gasteiger partial charge in [-0.25, -0.2) is 0 Å². The van der Waals surface area contributed by atoms with Crippen LogP contribution in [-0.2, 0) is 14.3 Å². The highest BCUT2D eigenvalue weighted by Crippen LogP contribution is 2.09. The van der Waals surface area contributed by atoms with Crippen LogP contribution < -0.4 is 5.32 Å². The van der Waals surface area contributed by atoms with E-state index in [1.165, 1.54) is 0 Å². The minimum absolute atomic E-state index is 0.129. The smallest absolute Gasteiger partial charge is 0.223 e. The van der Waals surface area contributed by atoms with Crippen molar-refractivity contribution in [1.29, 1.82) is 0 Å². The molecule has 0 spiro atoms. The molecule has 16 heavy (non-hydrogen) atoms. The molecular formula is C12H23NO3. The van der Waals surface area contributed by atoms with Crippen LogP contribution in [0.2, 0.25) is 0 Å². The third-order valence-corrected chi connectivity index (χ3v) is 2.93. The number of amides is 1. The fraction of sp³-hybridized carbons (Fsp3) is 0.917. The summed E-state index contributed by atoms with van der Waals surface area (Å²) >= 11 is 0. The van der Waals surface area contributed by atoms with Crippen LogP contribution in [0.4, 0.5) is 0 Å². The van der Waals surface area contributed by atoms with Crippen LogP contribution in [0.25, 0.3) is 0 Å². The Bertz CT molecular complexity index is 198. The summed E-state index contributed by atoms with van der Waals surface area (Å²) < 4.78 is 10.8. The first-order valence-electron chi connectivity index (χ1n) is 6.28. The molecule has 1 amide bonds. The van der Waals surface area contributed by atoms with Gasteiger partial charge in [0.25, 0.3) is 0 Å². The summed E-state index contributed by atoms with van der Waals surface area (Å²) in [5, 5.41) is 2.93. The SMILES string of the molecule is CCC(CC)C(=O)NCCC1OCCCO1. The van der Waals surface area contributed by atoms with E-state index >= 15 is 0 Å². The molecule has 0 atom stereocenters. The molecule has 1 aliphatic rings. The molecule has 0 bridgehead atoms. The van der Waals surface area contributed by atoms with Crippen molar-refractivity contribution in [2.75, 3.05) is 19.8 Å². The molecular weight excluding hydrogens is 206 g/mol. The monoisotopic (exact) mass is 229 g/mol. The van der Waals surface area contributed by atoms with Gasteiger partial charge in [-0.2, -0.15) is 0 Å². The highest BCUT2D eigenvalue weighted by atomic mass is 16.7. The normalized spacial score (nSPS) is 17.7. The number of hydrogen-bond donors (Lipinski definition) is 1. The van der Waals surface area contributed by atoms with Gasteiger partial charge < -0.3 is 14.8 Å². The minimum Gasteiger partial charge on any atom is -0.356 e. The van der Waals surface area contributed by atoms with Gasteiger partial charge >= 0.3 is 0 Å². The molecule has 1 rings (SSSR count). The van der Waals surface area contributed by atoms with E-state index in [9.17, 15) is 4.79 Å². The summed E-state index contributed by atoms with van der Waals surface area (Å²) in [7, 11) is 0. The Morgan fingerprint density at radius 3 is 2.50 bits per heavy atom. The molecule has 1 heterocycles. The average Bonchev–Trinajstić information content (AvgIpc) is 2.32. The van der Waals surface area contributed by atoms with Gasteiger partial charge in [0.15, 0.2) is 6.29 Å². The molecule has 0 unspecified atom stereocenters. The Balaban J connectivity index is 2.11. The maximum atomic E-state index is 11.7. The second kappa shape index (κ2) is 7.63. The lowest BCUT2D eigenvalue weighted by Gasteiger charge is -2.23. The summed E-state index contributed by atoms with van der Waals surface area (Å²) in [5.41, 5.74) is 0. The van der Waals surface area contributed by atoms with E-state index in [-0.39, 0.29) is 18.1 Å². The molecule has 0 aromatic rings. The first-order valence-corrected chi connectivity index (χ1v) is 6.28. The predicted molar refractivity (Wildman–Crippen MR) is 62.0 cm³/mol. The molecule has 1 saturated heterocycles. The van der Waals surface area contributed by atoms with Crippen molar-refractivity contribution in [2.45, 2.75) is 45.8 Å². The number of carbonyl (C=O) groups is 1. The van der Waals surface area contributed by atoms with Gasteiger partial charge in [-0.15, -0.1) is 0 Å². The number of rotatable bonds is 6. The zero-order chi connectivity index (χ0) is 11.8. The summed E-state index contributed by atoms with van der Waals surface area (Å²) in [6, 6.07) is 0. The van der Waals surface area contributed by atoms with Gasteiger partial charge in [0.05, 0.1) is 13.2 Å². The summed E-state index contributed by atoms with van der Waals surface area (Å²) in [6.07, 6.45) is 3.38. The standard InChI is InChI=1S/C12H23NO3/c1-3-10(4-2)12(14)13-7-6-11-15-8-5-9-16-11/h10-11H,3-9H2,1-2H3,(H,13,14). The Labute approximate surface area is 97.7 Å². The number of carbonyl (C=O) groups excluding carboxylic acids is 1. The van der Waals surface area contributed by atoms with E-state index in [4.69, 9.17) is 9.47 Å². The Kier molecular flexibility index (Phi) is 6.42. The molecule has 4 nitrogen and oxygen atoms in total. The molecule has 1 fully saturated rings. The zero-order valence-corrected chi connectivity index (χ0v) is 10.3. The first kappa shape index (κ1) is 13.5. The first-order chi connectivity index (χ1) is 7.77. The minimum atomic E-state index is -0.129. The van der Waals surface area contributed by atoms with Crippen LogP contribution in [0.3, 0.4) is 0 Å². The van der Waals surface area contributed by atoms with E-state index in [1.807, 2.05) is 13.8 Å². The van der Waals surface area contributed by atoms with Crippen LogP contribution in [0.5, 0.6) is 0 Å². The number of nitrogens with one attached hydrogen (secondary N) is 1. The second-order valence-electron chi connectivity index (χ2n) is 4.12. The van der Waals surface area contributed by atoms with Gasteiger partial charge in [0.2, 0.25) is 5.91 Å². The van der Waals surface area contributed by atoms with Crippen LogP contribution in [0, 0.1) is 5.92 Å². The molecule has 0 aromatic heterocycles. The van der Waals surface area contributed by atoms with Crippen LogP contribution in [0.1, 0.15) is 39.5 Å². The van der Waals surface area contributed by atoms with Crippen molar-refractivity contribution in [2.24, 2.45) is 5.92 Å². The van der Waals surface area contributed by atoms with E-state index in [0.29, 0.717) is 6.54 Å². The van der Waals surface area contributed by atoms with Gasteiger partial charge in [-0.1, -0.05) is 13.8 Å². The van der Waals surface area contributed by atoms with E-state index in [0.717, 1.165) is 38.9 Å². The number of hydrogen-bond acceptors (Lipinski definition) is 3. The van der Waals surface area contributed by atoms with Crippen molar-refractivity contribution in [3.63, 3.8) is 0 Å². The maximum Gasteiger partial charge on any atom is 0.223 e. The Morgan fingerprint density at radius 2 is 1.94 bits per heavy atom. The highest BCUT2D eigenvalue weighted by molar-refractivity contribution is 5.78. The van der Waals surface area contributed by atoms with Gasteiger partial charge in [0, 0.05) is 18.9 Å². The highest BCUT2D eigenvalue weighted by Gasteiger charge is 2.16. The van der Waals surface area contributed by atoms with Crippen molar-refractivity contribution < 1.29 is 14.3 Å². The van der Waals surface area contributed by atoms with Crippen LogP contribution in [0.15, 0.2) is 0 Å². The topological polar surface area (TPSA) is 47.6 Å². The fourth-order valence-corrected chi connectivity index (χ4v) is 1.82. The van der Waals surface area contributed by atoms with E-state index in [2.05, 4.69) is 5.32 Å². The lowest BCUT2D eigenvalue weighted by Crippen LogP contribution is -2.34. The molecule has 1 aliphatic heterocycles. The van der Waals surface area contributed by atoms with Crippen molar-refractivity contribution in [1.82, 2.24) is 5.32 Å². The van der Waals surface area contributed by atoms with E-state index in [1.54, 1.807) is 0 Å². The Hall–Kier alpha value is -0.610. The molecule has 0 aromatic carbocycles. The van der Waals surface area contributed by atoms with Crippen molar-refractivity contribution in [3.8, 4) is 0 Å². The van der Waals surface area contributed by atoms with Crippen molar-refractivity contribution in [3.05, 3.63) is 0 Å². The van der Waals surface area contributed by atoms with E-state index < -0.39 is 0 Å². The average molecular weight is 229 g/mol. The second-order valence-corrected chi connectivity index (χ2v) is 4.12. The van der Waals surface area contributed by atoms with Gasteiger partial charge in [0.1, 0.15) is 0 Å². The summed E-state index contributed by atoms with van der Waals surface area (Å²) in [5.74, 6) is 0.300. The summed E-state index contributed by atoms with van der Waals surface area (Å²) in [6.45, 7) is 6.26. The number of ether oxygens (including phenoxy) is 2. The van der Waals surface area contributed by atoms with Crippen LogP contribution in [-0.4, -0.2) is 32.0 Å². The van der Waals surface area contributed by atoms with Gasteiger partial charge in [-0.3, -0.25) is 4.79 Å². The van der Waals surface area contributed by atoms with Crippen molar-refractivity contribution >= 4 is 5.91 Å². The molecule has 1 N–H and O–H groups in total. The van der Waals surface area contributed by atoms with Gasteiger partial charge in [-0.05, 0) is 19.3 Å². The lowest BCUT2D eigenvalue weighted by atomic mass is 10.0. The zero-order valence-electron chi connectivity index (χ0n) is 10.3. The molecule has 4 heteroatoms. The quantitative estimate of drug-likeness (QED) is 0.754. The largest absolute Gasteiger partial charge is 0.356 e. The molecule has 94 valence electrons. The molecule has 0 radical (unpaired) electrons. The lowest BCUT2D eigenvalue weighted by molar-refractivity contribution is -0.180.